The minimum Gasteiger partial charge on any atom is -0.480 e. The minimum absolute atomic E-state index is 0.0415. The highest BCUT2D eigenvalue weighted by Crippen LogP contribution is 2.24. The molecule has 0 saturated carbocycles. The van der Waals surface area contributed by atoms with E-state index in [4.69, 9.17) is 20.3 Å². The van der Waals surface area contributed by atoms with E-state index in [2.05, 4.69) is 21.3 Å². The summed E-state index contributed by atoms with van der Waals surface area (Å²) >= 11 is 0. The van der Waals surface area contributed by atoms with E-state index in [1.54, 1.807) is 20.8 Å². The van der Waals surface area contributed by atoms with Crippen LogP contribution in [0.25, 0.3) is 0 Å². The van der Waals surface area contributed by atoms with Gasteiger partial charge < -0.3 is 46.5 Å². The number of hydrogen-bond donors (Lipinski definition) is 6. The molecule has 3 unspecified atom stereocenters. The first-order chi connectivity index (χ1) is 22.4. The fourth-order valence-electron chi connectivity index (χ4n) is 4.90. The maximum atomic E-state index is 13.7. The van der Waals surface area contributed by atoms with Crippen LogP contribution in [0.4, 0.5) is 4.79 Å². The number of primary amides is 1. The number of nitrogens with one attached hydrogen (secondary N) is 4. The summed E-state index contributed by atoms with van der Waals surface area (Å²) in [6.07, 6.45) is -1.12. The smallest absolute Gasteiger partial charge is 0.407 e. The highest BCUT2D eigenvalue weighted by atomic mass is 16.5. The Balaban J connectivity index is 3.10. The van der Waals surface area contributed by atoms with Gasteiger partial charge in [0.1, 0.15) is 24.7 Å². The number of rotatable bonds is 20. The van der Waals surface area contributed by atoms with Crippen molar-refractivity contribution in [3.63, 3.8) is 0 Å². The zero-order valence-corrected chi connectivity index (χ0v) is 28.8. The lowest BCUT2D eigenvalue weighted by molar-refractivity contribution is -0.144. The molecule has 17 heteroatoms. The predicted octanol–water partition coefficient (Wildman–Crippen LogP) is -0.550. The van der Waals surface area contributed by atoms with Crippen LogP contribution in [0, 0.1) is 17.8 Å². The summed E-state index contributed by atoms with van der Waals surface area (Å²) in [5.41, 5.74) is 5.33. The van der Waals surface area contributed by atoms with E-state index in [0.29, 0.717) is 6.42 Å². The van der Waals surface area contributed by atoms with Gasteiger partial charge in [0.15, 0.2) is 0 Å². The first-order valence-electron chi connectivity index (χ1n) is 16.2. The van der Waals surface area contributed by atoms with Crippen LogP contribution in [0.1, 0.15) is 74.1 Å². The van der Waals surface area contributed by atoms with Gasteiger partial charge in [0.05, 0.1) is 25.3 Å². The number of aliphatic carboxylic acids is 1. The first-order valence-corrected chi connectivity index (χ1v) is 16.2. The van der Waals surface area contributed by atoms with Gasteiger partial charge in [0, 0.05) is 13.0 Å². The number of Topliss-reactive ketones (excluding diaryl/α,β-unsaturated/α-hetero) is 1. The maximum absolute atomic E-state index is 13.7. The van der Waals surface area contributed by atoms with Crippen LogP contribution < -0.4 is 27.0 Å². The summed E-state index contributed by atoms with van der Waals surface area (Å²) in [4.78, 5) is 102. The fourth-order valence-corrected chi connectivity index (χ4v) is 4.90. The SMILES string of the molecule is CCCC(NC(=O)[C@@H]1C[C@@H](OCC(=O)O)CN1C(=O)C(NC(=O)OCC(C)C)C(C)C)C(=O)C(=O)NCC(=O)NC(CC(C)C)C(N)=O. The Morgan fingerprint density at radius 1 is 0.917 bits per heavy atom. The van der Waals surface area contributed by atoms with Gasteiger partial charge in [-0.15, -0.1) is 0 Å². The molecule has 0 aromatic heterocycles. The second kappa shape index (κ2) is 20.2. The summed E-state index contributed by atoms with van der Waals surface area (Å²) in [5, 5.41) is 18.7. The molecule has 7 N–H and O–H groups in total. The first kappa shape index (κ1) is 41.7. The lowest BCUT2D eigenvalue weighted by atomic mass is 10.0. The number of carbonyl (C=O) groups excluding carboxylic acids is 7. The molecule has 48 heavy (non-hydrogen) atoms. The molecule has 1 fully saturated rings. The van der Waals surface area contributed by atoms with Crippen LogP contribution in [-0.4, -0.2) is 114 Å². The van der Waals surface area contributed by atoms with Crippen molar-refractivity contribution in [2.45, 2.75) is 104 Å². The van der Waals surface area contributed by atoms with Gasteiger partial charge in [0.25, 0.3) is 5.91 Å². The molecule has 1 saturated heterocycles. The van der Waals surface area contributed by atoms with Gasteiger partial charge in [-0.05, 0) is 30.6 Å². The van der Waals surface area contributed by atoms with Crippen molar-refractivity contribution in [1.82, 2.24) is 26.2 Å². The Bertz CT molecular complexity index is 1180. The van der Waals surface area contributed by atoms with Gasteiger partial charge in [-0.25, -0.2) is 9.59 Å². The monoisotopic (exact) mass is 684 g/mol. The molecule has 1 aliphatic heterocycles. The van der Waals surface area contributed by atoms with E-state index in [-0.39, 0.29) is 44.2 Å². The van der Waals surface area contributed by atoms with Crippen molar-refractivity contribution in [2.24, 2.45) is 23.5 Å². The molecule has 0 bridgehead atoms. The molecule has 0 aromatic carbocycles. The molecule has 17 nitrogen and oxygen atoms in total. The predicted molar refractivity (Wildman–Crippen MR) is 171 cm³/mol. The van der Waals surface area contributed by atoms with Gasteiger partial charge in [-0.3, -0.25) is 28.8 Å². The highest BCUT2D eigenvalue weighted by Gasteiger charge is 2.44. The van der Waals surface area contributed by atoms with Crippen LogP contribution in [0.2, 0.25) is 0 Å². The van der Waals surface area contributed by atoms with Crippen molar-refractivity contribution in [3.8, 4) is 0 Å². The van der Waals surface area contributed by atoms with Gasteiger partial charge in [0.2, 0.25) is 29.4 Å². The lowest BCUT2D eigenvalue weighted by Crippen LogP contribution is -2.57. The molecule has 0 radical (unpaired) electrons. The van der Waals surface area contributed by atoms with Crippen molar-refractivity contribution < 1.29 is 52.9 Å². The second-order valence-corrected chi connectivity index (χ2v) is 13.0. The van der Waals surface area contributed by atoms with Gasteiger partial charge >= 0.3 is 12.1 Å². The van der Waals surface area contributed by atoms with Gasteiger partial charge in [-0.1, -0.05) is 54.9 Å². The Morgan fingerprint density at radius 3 is 2.08 bits per heavy atom. The summed E-state index contributed by atoms with van der Waals surface area (Å²) in [7, 11) is 0. The van der Waals surface area contributed by atoms with E-state index in [0.717, 1.165) is 4.90 Å². The molecule has 1 rings (SSSR count). The van der Waals surface area contributed by atoms with Crippen LogP contribution in [0.5, 0.6) is 0 Å². The zero-order chi connectivity index (χ0) is 36.7. The number of hydrogen-bond acceptors (Lipinski definition) is 10. The fraction of sp³-hybridized carbons (Fsp3) is 0.742. The van der Waals surface area contributed by atoms with E-state index < -0.39 is 96.7 Å². The summed E-state index contributed by atoms with van der Waals surface area (Å²) < 4.78 is 10.5. The molecule has 0 aliphatic carbocycles. The highest BCUT2D eigenvalue weighted by molar-refractivity contribution is 6.38. The third kappa shape index (κ3) is 14.2. The maximum Gasteiger partial charge on any atom is 0.407 e. The largest absolute Gasteiger partial charge is 0.480 e. The van der Waals surface area contributed by atoms with Crippen LogP contribution >= 0.6 is 0 Å². The number of ketones is 1. The second-order valence-electron chi connectivity index (χ2n) is 13.0. The van der Waals surface area contributed by atoms with Crippen LogP contribution in [0.15, 0.2) is 0 Å². The Hall–Kier alpha value is -4.28. The number of ether oxygens (including phenoxy) is 2. The molecular formula is C31H52N6O11. The van der Waals surface area contributed by atoms with Gasteiger partial charge in [-0.2, -0.15) is 0 Å². The number of carbonyl (C=O) groups is 8. The summed E-state index contributed by atoms with van der Waals surface area (Å²) in [6.45, 7) is 11.1. The average molecular weight is 685 g/mol. The molecule has 0 spiro atoms. The summed E-state index contributed by atoms with van der Waals surface area (Å²) in [5.74, 6) is -6.75. The Kier molecular flexibility index (Phi) is 17.5. The molecule has 0 aromatic rings. The van der Waals surface area contributed by atoms with E-state index in [9.17, 15) is 38.4 Å². The Labute approximate surface area is 280 Å². The van der Waals surface area contributed by atoms with Crippen molar-refractivity contribution in [1.29, 1.82) is 0 Å². The third-order valence-electron chi connectivity index (χ3n) is 7.27. The standard InChI is InChI=1S/C31H52N6O11/c1-8-9-20(26(41)29(44)33-12-23(38)34-21(27(32)42)10-16(2)3)35-28(43)22-11-19(47-15-24(39)40)13-37(22)30(45)25(18(6)7)36-31(46)48-14-17(4)5/h16-22,25H,8-15H2,1-7H3,(H2,32,42)(H,33,44)(H,34,38)(H,35,43)(H,36,46)(H,39,40)/t19-,20?,21?,22+,25?/m1/s1. The molecular weight excluding hydrogens is 632 g/mol. The lowest BCUT2D eigenvalue weighted by Gasteiger charge is -2.31. The molecule has 272 valence electrons. The van der Waals surface area contributed by atoms with Crippen molar-refractivity contribution in [2.75, 3.05) is 26.3 Å². The summed E-state index contributed by atoms with van der Waals surface area (Å²) in [6, 6.07) is -4.64. The van der Waals surface area contributed by atoms with E-state index in [1.165, 1.54) is 0 Å². The van der Waals surface area contributed by atoms with Crippen molar-refractivity contribution >= 4 is 47.4 Å². The zero-order valence-electron chi connectivity index (χ0n) is 28.8. The molecule has 5 atom stereocenters. The number of nitrogens with zero attached hydrogens (tertiary/aromatic N) is 1. The topological polar surface area (TPSA) is 253 Å². The van der Waals surface area contributed by atoms with Crippen LogP contribution in [0.3, 0.4) is 0 Å². The van der Waals surface area contributed by atoms with E-state index >= 15 is 0 Å². The number of alkyl carbamates (subject to hydrolysis) is 1. The van der Waals surface area contributed by atoms with E-state index in [1.807, 2.05) is 27.7 Å². The average Bonchev–Trinajstić information content (AvgIpc) is 3.43. The third-order valence-corrected chi connectivity index (χ3v) is 7.27. The Morgan fingerprint density at radius 2 is 1.56 bits per heavy atom. The molecule has 6 amide bonds. The quantitative estimate of drug-likeness (QED) is 0.0888. The normalized spacial score (nSPS) is 17.8. The number of carboxylic acid groups (broad SMARTS) is 1. The van der Waals surface area contributed by atoms with Crippen LogP contribution in [-0.2, 0) is 43.0 Å². The number of amides is 6. The van der Waals surface area contributed by atoms with Crippen molar-refractivity contribution in [3.05, 3.63) is 0 Å². The molecule has 1 heterocycles. The number of carboxylic acids is 1. The number of nitrogens with two attached hydrogens (primary N) is 1. The number of likely N-dealkylation sites (tertiary alicyclic amines) is 1. The minimum atomic E-state index is -1.33. The molecule has 1 aliphatic rings.